The Balaban J connectivity index is 2.24. The van der Waals surface area contributed by atoms with Crippen LogP contribution in [-0.2, 0) is 4.79 Å². The van der Waals surface area contributed by atoms with Crippen molar-refractivity contribution in [3.05, 3.63) is 0 Å². The summed E-state index contributed by atoms with van der Waals surface area (Å²) in [5.41, 5.74) is 0. The lowest BCUT2D eigenvalue weighted by Crippen LogP contribution is -1.92. The van der Waals surface area contributed by atoms with E-state index < -0.39 is 0 Å². The zero-order chi connectivity index (χ0) is 6.69. The zero-order valence-corrected chi connectivity index (χ0v) is 5.78. The van der Waals surface area contributed by atoms with E-state index in [-0.39, 0.29) is 5.91 Å². The number of amides is 1. The molecule has 0 heterocycles. The quantitative estimate of drug-likeness (QED) is 0.430. The van der Waals surface area contributed by atoms with Crippen LogP contribution in [0.3, 0.4) is 0 Å². The first kappa shape index (κ1) is 6.59. The van der Waals surface area contributed by atoms with Gasteiger partial charge in [0.1, 0.15) is 0 Å². The van der Waals surface area contributed by atoms with E-state index >= 15 is 0 Å². The minimum Gasteiger partial charge on any atom is -0.272 e. The molecule has 0 aromatic carbocycles. The first-order valence-corrected chi connectivity index (χ1v) is 3.34. The third-order valence-corrected chi connectivity index (χ3v) is 1.42. The van der Waals surface area contributed by atoms with Gasteiger partial charge in [-0.2, -0.15) is 4.99 Å². The van der Waals surface area contributed by atoms with E-state index in [0.717, 1.165) is 0 Å². The van der Waals surface area contributed by atoms with Gasteiger partial charge in [-0.15, -0.1) is 0 Å². The summed E-state index contributed by atoms with van der Waals surface area (Å²) in [7, 11) is 0. The van der Waals surface area contributed by atoms with Crippen LogP contribution in [0.4, 0.5) is 0 Å². The van der Waals surface area contributed by atoms with Gasteiger partial charge in [-0.1, -0.05) is 0 Å². The van der Waals surface area contributed by atoms with E-state index in [9.17, 15) is 4.79 Å². The summed E-state index contributed by atoms with van der Waals surface area (Å²) in [5.74, 6) is 0.483. The van der Waals surface area contributed by atoms with Gasteiger partial charge < -0.3 is 0 Å². The molecule has 0 aliphatic heterocycles. The van der Waals surface area contributed by atoms with Crippen molar-refractivity contribution in [3.63, 3.8) is 0 Å². The molecule has 1 fully saturated rings. The molecular formula is C6H7NOS. The number of aliphatic imine (C=N–C) groups is 1. The van der Waals surface area contributed by atoms with E-state index in [1.165, 1.54) is 12.8 Å². The van der Waals surface area contributed by atoms with Crippen LogP contribution in [0.5, 0.6) is 0 Å². The molecule has 48 valence electrons. The van der Waals surface area contributed by atoms with E-state index in [2.05, 4.69) is 22.4 Å². The number of thiocarbonyl (C=S) groups is 1. The number of carbonyl (C=O) groups is 1. The SMILES string of the molecule is O=C(CC1CC1)N=C=S. The van der Waals surface area contributed by atoms with Crippen LogP contribution in [0.1, 0.15) is 19.3 Å². The zero-order valence-electron chi connectivity index (χ0n) is 4.96. The first-order valence-electron chi connectivity index (χ1n) is 2.93. The van der Waals surface area contributed by atoms with Gasteiger partial charge in [-0.05, 0) is 31.0 Å². The first-order chi connectivity index (χ1) is 4.33. The predicted molar refractivity (Wildman–Crippen MR) is 37.4 cm³/mol. The van der Waals surface area contributed by atoms with Gasteiger partial charge in [0, 0.05) is 6.42 Å². The third kappa shape index (κ3) is 2.49. The number of carbonyl (C=O) groups excluding carboxylic acids is 1. The fourth-order valence-corrected chi connectivity index (χ4v) is 0.767. The number of isothiocyanates is 1. The molecule has 1 aliphatic rings. The molecule has 0 bridgehead atoms. The molecule has 3 heteroatoms. The Kier molecular flexibility index (Phi) is 2.09. The van der Waals surface area contributed by atoms with E-state index in [1.807, 2.05) is 0 Å². The molecule has 1 saturated carbocycles. The van der Waals surface area contributed by atoms with E-state index in [0.29, 0.717) is 12.3 Å². The fourth-order valence-electron chi connectivity index (χ4n) is 0.665. The molecule has 0 atom stereocenters. The number of hydrogen-bond acceptors (Lipinski definition) is 2. The van der Waals surface area contributed by atoms with Crippen molar-refractivity contribution in [2.75, 3.05) is 0 Å². The molecule has 0 aromatic rings. The van der Waals surface area contributed by atoms with Crippen LogP contribution < -0.4 is 0 Å². The van der Waals surface area contributed by atoms with Crippen LogP contribution in [0.15, 0.2) is 4.99 Å². The van der Waals surface area contributed by atoms with Crippen molar-refractivity contribution in [1.82, 2.24) is 0 Å². The third-order valence-electron chi connectivity index (χ3n) is 1.33. The molecule has 2 nitrogen and oxygen atoms in total. The number of rotatable bonds is 2. The van der Waals surface area contributed by atoms with Gasteiger partial charge in [0.25, 0.3) is 5.91 Å². The molecular weight excluding hydrogens is 134 g/mol. The van der Waals surface area contributed by atoms with Gasteiger partial charge in [-0.3, -0.25) is 4.79 Å². The van der Waals surface area contributed by atoms with E-state index in [4.69, 9.17) is 0 Å². The van der Waals surface area contributed by atoms with Crippen LogP contribution >= 0.6 is 12.2 Å². The standard InChI is InChI=1S/C6H7NOS/c8-6(7-4-9)3-5-1-2-5/h5H,1-3H2. The number of hydrogen-bond donors (Lipinski definition) is 0. The molecule has 0 spiro atoms. The smallest absolute Gasteiger partial charge is 0.254 e. The molecule has 0 unspecified atom stereocenters. The van der Waals surface area contributed by atoms with Gasteiger partial charge in [0.15, 0.2) is 0 Å². The summed E-state index contributed by atoms with van der Waals surface area (Å²) < 4.78 is 0. The maximum absolute atomic E-state index is 10.6. The predicted octanol–water partition coefficient (Wildman–Crippen LogP) is 1.42. The lowest BCUT2D eigenvalue weighted by molar-refractivity contribution is -0.118. The summed E-state index contributed by atoms with van der Waals surface area (Å²) in [6, 6.07) is 0. The maximum Gasteiger partial charge on any atom is 0.254 e. The second-order valence-corrected chi connectivity index (χ2v) is 2.43. The molecule has 0 saturated heterocycles. The highest BCUT2D eigenvalue weighted by Crippen LogP contribution is 2.32. The van der Waals surface area contributed by atoms with Crippen molar-refractivity contribution in [3.8, 4) is 0 Å². The van der Waals surface area contributed by atoms with Gasteiger partial charge in [0.05, 0.1) is 5.16 Å². The second kappa shape index (κ2) is 2.85. The Morgan fingerprint density at radius 1 is 1.78 bits per heavy atom. The van der Waals surface area contributed by atoms with Crippen LogP contribution in [0.2, 0.25) is 0 Å². The monoisotopic (exact) mass is 141 g/mol. The minimum atomic E-state index is -0.118. The van der Waals surface area contributed by atoms with Crippen molar-refractivity contribution < 1.29 is 4.79 Å². The summed E-state index contributed by atoms with van der Waals surface area (Å²) in [5, 5.41) is 2.06. The van der Waals surface area contributed by atoms with Crippen molar-refractivity contribution in [1.29, 1.82) is 0 Å². The van der Waals surface area contributed by atoms with Crippen LogP contribution in [-0.4, -0.2) is 11.1 Å². The Morgan fingerprint density at radius 2 is 2.44 bits per heavy atom. The Hall–Kier alpha value is -0.530. The highest BCUT2D eigenvalue weighted by atomic mass is 32.1. The normalized spacial score (nSPS) is 16.4. The highest BCUT2D eigenvalue weighted by Gasteiger charge is 2.23. The van der Waals surface area contributed by atoms with Crippen molar-refractivity contribution >= 4 is 23.3 Å². The molecule has 1 rings (SSSR count). The van der Waals surface area contributed by atoms with Crippen LogP contribution in [0.25, 0.3) is 0 Å². The lowest BCUT2D eigenvalue weighted by atomic mass is 10.3. The highest BCUT2D eigenvalue weighted by molar-refractivity contribution is 7.78. The van der Waals surface area contributed by atoms with Crippen molar-refractivity contribution in [2.45, 2.75) is 19.3 Å². The lowest BCUT2D eigenvalue weighted by Gasteiger charge is -1.84. The summed E-state index contributed by atoms with van der Waals surface area (Å²) in [6.07, 6.45) is 2.93. The topological polar surface area (TPSA) is 29.4 Å². The largest absolute Gasteiger partial charge is 0.272 e. The number of nitrogens with zero attached hydrogens (tertiary/aromatic N) is 1. The molecule has 1 aliphatic carbocycles. The van der Waals surface area contributed by atoms with Gasteiger partial charge in [-0.25, -0.2) is 0 Å². The summed E-state index contributed by atoms with van der Waals surface area (Å²) in [6.45, 7) is 0. The van der Waals surface area contributed by atoms with Crippen molar-refractivity contribution in [2.24, 2.45) is 10.9 Å². The minimum absolute atomic E-state index is 0.118. The van der Waals surface area contributed by atoms with E-state index in [1.54, 1.807) is 0 Å². The van der Waals surface area contributed by atoms with Crippen LogP contribution in [0, 0.1) is 5.92 Å². The molecule has 0 radical (unpaired) electrons. The second-order valence-electron chi connectivity index (χ2n) is 2.24. The molecule has 9 heavy (non-hydrogen) atoms. The Morgan fingerprint density at radius 3 is 2.89 bits per heavy atom. The van der Waals surface area contributed by atoms with Gasteiger partial charge >= 0.3 is 0 Å². The summed E-state index contributed by atoms with van der Waals surface area (Å²) >= 11 is 4.26. The summed E-state index contributed by atoms with van der Waals surface area (Å²) in [4.78, 5) is 13.9. The molecule has 0 aromatic heterocycles. The maximum atomic E-state index is 10.6. The molecule has 1 amide bonds. The van der Waals surface area contributed by atoms with Gasteiger partial charge in [0.2, 0.25) is 0 Å². The Bertz CT molecular complexity index is 168. The average Bonchev–Trinajstić information content (AvgIpc) is 2.50. The fraction of sp³-hybridized carbons (Fsp3) is 0.667. The molecule has 0 N–H and O–H groups in total. The average molecular weight is 141 g/mol. The Labute approximate surface area is 59.0 Å².